The van der Waals surface area contributed by atoms with E-state index in [0.29, 0.717) is 0 Å². The van der Waals surface area contributed by atoms with Crippen LogP contribution in [0.15, 0.2) is 42.9 Å². The minimum Gasteiger partial charge on any atom is -0.489 e. The van der Waals surface area contributed by atoms with Gasteiger partial charge in [0.05, 0.1) is 30.4 Å². The molecule has 3 heterocycles. The van der Waals surface area contributed by atoms with Crippen LogP contribution < -0.4 is 10.1 Å². The fourth-order valence-electron chi connectivity index (χ4n) is 4.61. The second kappa shape index (κ2) is 9.14. The Morgan fingerprint density at radius 2 is 2.06 bits per heavy atom. The van der Waals surface area contributed by atoms with Crippen molar-refractivity contribution in [2.75, 3.05) is 11.9 Å². The molecule has 0 spiro atoms. The van der Waals surface area contributed by atoms with Gasteiger partial charge < -0.3 is 10.1 Å². The topological polar surface area (TPSA) is 74.1 Å². The number of halogens is 1. The molecule has 9 heteroatoms. The molecule has 0 radical (unpaired) electrons. The Kier molecular flexibility index (Phi) is 5.88. The number of pyridine rings is 1. The lowest BCUT2D eigenvalue weighted by molar-refractivity contribution is 0.126. The van der Waals surface area contributed by atoms with Gasteiger partial charge in [-0.15, -0.1) is 0 Å². The number of hydrogen-bond acceptors (Lipinski definition) is 5. The lowest BCUT2D eigenvalue weighted by Crippen LogP contribution is -2.26. The van der Waals surface area contributed by atoms with Gasteiger partial charge in [0.2, 0.25) is 5.69 Å². The highest BCUT2D eigenvalue weighted by molar-refractivity contribution is 5.93. The van der Waals surface area contributed by atoms with Crippen molar-refractivity contribution < 1.29 is 9.13 Å². The summed E-state index contributed by atoms with van der Waals surface area (Å²) in [6.45, 7) is 9.93. The van der Waals surface area contributed by atoms with Gasteiger partial charge in [-0.25, -0.2) is 14.2 Å². The number of rotatable bonds is 6. The van der Waals surface area contributed by atoms with E-state index < -0.39 is 5.82 Å². The molecule has 1 N–H and O–H groups in total. The van der Waals surface area contributed by atoms with Crippen LogP contribution in [-0.4, -0.2) is 37.2 Å². The number of aryl methyl sites for hydroxylation is 1. The molecule has 5 rings (SSSR count). The van der Waals surface area contributed by atoms with E-state index in [1.165, 1.54) is 6.07 Å². The molecule has 8 nitrogen and oxygen atoms in total. The molecule has 0 atom stereocenters. The standard InChI is InChI=1S/C25H26FN7O/c1-4-28-23-12-21-19(14-29-23)25(16-13-30-32(3)15-16)31-33(21)17-8-10-18(11-9-17)34-22-7-5-6-20(27-2)24(22)26/h5-7,12-15,17-18H,4,8-11H2,1,3H3,(H,28,29). The van der Waals surface area contributed by atoms with Crippen LogP contribution in [0.1, 0.15) is 38.6 Å². The summed E-state index contributed by atoms with van der Waals surface area (Å²) in [7, 11) is 1.89. The van der Waals surface area contributed by atoms with Crippen LogP contribution in [0.4, 0.5) is 15.9 Å². The molecule has 0 aliphatic heterocycles. The lowest BCUT2D eigenvalue weighted by Gasteiger charge is -2.29. The van der Waals surface area contributed by atoms with Crippen LogP contribution >= 0.6 is 0 Å². The first-order valence-electron chi connectivity index (χ1n) is 11.5. The summed E-state index contributed by atoms with van der Waals surface area (Å²) in [5.41, 5.74) is 2.85. The predicted octanol–water partition coefficient (Wildman–Crippen LogP) is 5.52. The van der Waals surface area contributed by atoms with Crippen LogP contribution in [0.5, 0.6) is 5.75 Å². The molecular weight excluding hydrogens is 433 g/mol. The molecule has 34 heavy (non-hydrogen) atoms. The molecule has 0 bridgehead atoms. The number of hydrogen-bond donors (Lipinski definition) is 1. The van der Waals surface area contributed by atoms with Gasteiger partial charge in [-0.05, 0) is 38.7 Å². The normalized spacial score (nSPS) is 18.1. The first-order chi connectivity index (χ1) is 16.6. The summed E-state index contributed by atoms with van der Waals surface area (Å²) in [5.74, 6) is 0.394. The molecular formula is C25H26FN7O. The van der Waals surface area contributed by atoms with Crippen molar-refractivity contribution in [2.24, 2.45) is 7.05 Å². The van der Waals surface area contributed by atoms with Crippen molar-refractivity contribution in [3.8, 4) is 17.0 Å². The molecule has 4 aromatic rings. The quantitative estimate of drug-likeness (QED) is 0.385. The van der Waals surface area contributed by atoms with E-state index in [0.717, 1.165) is 60.2 Å². The Morgan fingerprint density at radius 3 is 2.76 bits per heavy atom. The van der Waals surface area contributed by atoms with Crippen molar-refractivity contribution in [3.05, 3.63) is 60.1 Å². The second-order valence-corrected chi connectivity index (χ2v) is 8.56. The summed E-state index contributed by atoms with van der Waals surface area (Å²) >= 11 is 0. The highest BCUT2D eigenvalue weighted by atomic mass is 19.1. The number of nitrogens with one attached hydrogen (secondary N) is 1. The third kappa shape index (κ3) is 4.07. The van der Waals surface area contributed by atoms with Crippen LogP contribution in [0.2, 0.25) is 0 Å². The second-order valence-electron chi connectivity index (χ2n) is 8.56. The number of anilines is 1. The van der Waals surface area contributed by atoms with Gasteiger partial charge in [0.15, 0.2) is 5.82 Å². The first kappa shape index (κ1) is 21.9. The Bertz CT molecular complexity index is 1360. The van der Waals surface area contributed by atoms with Gasteiger partial charge >= 0.3 is 0 Å². The molecule has 0 amide bonds. The molecule has 1 aliphatic carbocycles. The lowest BCUT2D eigenvalue weighted by atomic mass is 9.93. The van der Waals surface area contributed by atoms with E-state index in [9.17, 15) is 4.39 Å². The molecule has 1 aliphatic rings. The van der Waals surface area contributed by atoms with Crippen molar-refractivity contribution in [2.45, 2.75) is 44.8 Å². The smallest absolute Gasteiger partial charge is 0.225 e. The van der Waals surface area contributed by atoms with Crippen LogP contribution in [0.25, 0.3) is 27.0 Å². The first-order valence-corrected chi connectivity index (χ1v) is 11.5. The fourth-order valence-corrected chi connectivity index (χ4v) is 4.61. The highest BCUT2D eigenvalue weighted by Gasteiger charge is 2.27. The maximum absolute atomic E-state index is 14.4. The van der Waals surface area contributed by atoms with Crippen LogP contribution in [-0.2, 0) is 7.05 Å². The zero-order chi connectivity index (χ0) is 23.7. The molecule has 1 aromatic carbocycles. The number of benzene rings is 1. The van der Waals surface area contributed by atoms with E-state index in [1.807, 2.05) is 32.6 Å². The Hall–Kier alpha value is -3.93. The maximum atomic E-state index is 14.4. The third-order valence-electron chi connectivity index (χ3n) is 6.27. The Morgan fingerprint density at radius 1 is 1.24 bits per heavy atom. The van der Waals surface area contributed by atoms with Gasteiger partial charge in [-0.3, -0.25) is 9.36 Å². The fraction of sp³-hybridized carbons (Fsp3) is 0.360. The summed E-state index contributed by atoms with van der Waals surface area (Å²) in [6.07, 6.45) is 8.84. The Balaban J connectivity index is 1.40. The highest BCUT2D eigenvalue weighted by Crippen LogP contribution is 2.37. The van der Waals surface area contributed by atoms with E-state index in [4.69, 9.17) is 16.4 Å². The van der Waals surface area contributed by atoms with Gasteiger partial charge in [-0.1, -0.05) is 12.1 Å². The summed E-state index contributed by atoms with van der Waals surface area (Å²) in [4.78, 5) is 7.78. The predicted molar refractivity (Wildman–Crippen MR) is 128 cm³/mol. The van der Waals surface area contributed by atoms with Crippen molar-refractivity contribution in [3.63, 3.8) is 0 Å². The zero-order valence-corrected chi connectivity index (χ0v) is 19.2. The SMILES string of the molecule is [C-]#[N+]c1cccc(OC2CCC(n3nc(-c4cnn(C)c4)c4cnc(NCC)cc43)CC2)c1F. The van der Waals surface area contributed by atoms with Gasteiger partial charge in [0.1, 0.15) is 17.3 Å². The number of ether oxygens (including phenoxy) is 1. The summed E-state index contributed by atoms with van der Waals surface area (Å²) in [6, 6.07) is 6.96. The molecule has 0 saturated heterocycles. The minimum absolute atomic E-state index is 0.0118. The molecule has 1 fully saturated rings. The van der Waals surface area contributed by atoms with Crippen LogP contribution in [0, 0.1) is 12.4 Å². The summed E-state index contributed by atoms with van der Waals surface area (Å²) in [5, 5.41) is 13.6. The van der Waals surface area contributed by atoms with Gasteiger partial charge in [0.25, 0.3) is 0 Å². The number of fused-ring (bicyclic) bond motifs is 1. The monoisotopic (exact) mass is 459 g/mol. The molecule has 174 valence electrons. The van der Waals surface area contributed by atoms with Crippen molar-refractivity contribution in [1.29, 1.82) is 0 Å². The molecule has 0 unspecified atom stereocenters. The van der Waals surface area contributed by atoms with E-state index >= 15 is 0 Å². The molecule has 1 saturated carbocycles. The van der Waals surface area contributed by atoms with Crippen molar-refractivity contribution in [1.82, 2.24) is 24.5 Å². The third-order valence-corrected chi connectivity index (χ3v) is 6.27. The van der Waals surface area contributed by atoms with E-state index in [2.05, 4.69) is 31.0 Å². The van der Waals surface area contributed by atoms with E-state index in [1.54, 1.807) is 16.8 Å². The molecule has 3 aromatic heterocycles. The summed E-state index contributed by atoms with van der Waals surface area (Å²) < 4.78 is 24.3. The van der Waals surface area contributed by atoms with E-state index in [-0.39, 0.29) is 23.6 Å². The van der Waals surface area contributed by atoms with Crippen LogP contribution in [0.3, 0.4) is 0 Å². The van der Waals surface area contributed by atoms with Gasteiger partial charge in [-0.2, -0.15) is 10.2 Å². The van der Waals surface area contributed by atoms with Gasteiger partial charge in [0, 0.05) is 43.0 Å². The zero-order valence-electron chi connectivity index (χ0n) is 19.2. The average Bonchev–Trinajstić information content (AvgIpc) is 3.44. The average molecular weight is 460 g/mol. The number of nitrogens with zero attached hydrogens (tertiary/aromatic N) is 6. The number of aromatic nitrogens is 5. The minimum atomic E-state index is -0.581. The largest absolute Gasteiger partial charge is 0.489 e. The maximum Gasteiger partial charge on any atom is 0.225 e. The van der Waals surface area contributed by atoms with Crippen molar-refractivity contribution >= 4 is 22.4 Å². The Labute approximate surface area is 197 Å².